The number of nitrogens with one attached hydrogen (secondary N) is 1. The SMILES string of the molecule is CCOc1cccc(NC(=O)[C@H]2CC(=O)N=C(N)S2)c1. The topological polar surface area (TPSA) is 93.8 Å². The molecule has 3 N–H and O–H groups in total. The Morgan fingerprint density at radius 1 is 1.60 bits per heavy atom. The molecule has 0 radical (unpaired) electrons. The number of carbonyl (C=O) groups is 2. The summed E-state index contributed by atoms with van der Waals surface area (Å²) in [5.74, 6) is 0.0399. The summed E-state index contributed by atoms with van der Waals surface area (Å²) >= 11 is 1.10. The van der Waals surface area contributed by atoms with Crippen molar-refractivity contribution < 1.29 is 14.3 Å². The van der Waals surface area contributed by atoms with Crippen LogP contribution in [0.1, 0.15) is 13.3 Å². The molecule has 1 aliphatic rings. The van der Waals surface area contributed by atoms with Gasteiger partial charge in [0.15, 0.2) is 5.17 Å². The second-order valence-electron chi connectivity index (χ2n) is 4.10. The molecule has 20 heavy (non-hydrogen) atoms. The number of nitrogens with two attached hydrogens (primary N) is 1. The Morgan fingerprint density at radius 3 is 3.10 bits per heavy atom. The molecule has 0 bridgehead atoms. The second-order valence-corrected chi connectivity index (χ2v) is 5.33. The minimum Gasteiger partial charge on any atom is -0.494 e. The van der Waals surface area contributed by atoms with Crippen LogP contribution in [0.4, 0.5) is 5.69 Å². The average molecular weight is 293 g/mol. The molecule has 2 rings (SSSR count). The third-order valence-corrected chi connectivity index (χ3v) is 3.56. The van der Waals surface area contributed by atoms with Crippen LogP contribution in [0.25, 0.3) is 0 Å². The van der Waals surface area contributed by atoms with E-state index in [4.69, 9.17) is 10.5 Å². The first kappa shape index (κ1) is 14.4. The molecule has 0 spiro atoms. The number of hydrogen-bond acceptors (Lipinski definition) is 5. The molecule has 0 fully saturated rings. The van der Waals surface area contributed by atoms with Crippen LogP contribution in [-0.2, 0) is 9.59 Å². The molecule has 1 heterocycles. The maximum atomic E-state index is 12.1. The number of benzene rings is 1. The highest BCUT2D eigenvalue weighted by molar-refractivity contribution is 8.15. The van der Waals surface area contributed by atoms with Crippen molar-refractivity contribution in [3.05, 3.63) is 24.3 Å². The van der Waals surface area contributed by atoms with E-state index in [1.165, 1.54) is 0 Å². The number of aliphatic imine (C=N–C) groups is 1. The molecule has 2 amide bonds. The smallest absolute Gasteiger partial charge is 0.249 e. The van der Waals surface area contributed by atoms with E-state index >= 15 is 0 Å². The first-order valence-corrected chi connectivity index (χ1v) is 7.04. The number of nitrogens with zero attached hydrogens (tertiary/aromatic N) is 1. The van der Waals surface area contributed by atoms with E-state index in [1.54, 1.807) is 18.2 Å². The monoisotopic (exact) mass is 293 g/mol. The quantitative estimate of drug-likeness (QED) is 0.874. The molecule has 106 valence electrons. The Hall–Kier alpha value is -2.02. The van der Waals surface area contributed by atoms with E-state index < -0.39 is 5.25 Å². The van der Waals surface area contributed by atoms with Crippen molar-refractivity contribution in [3.63, 3.8) is 0 Å². The van der Waals surface area contributed by atoms with E-state index in [9.17, 15) is 9.59 Å². The van der Waals surface area contributed by atoms with Gasteiger partial charge in [-0.2, -0.15) is 4.99 Å². The fourth-order valence-electron chi connectivity index (χ4n) is 1.74. The van der Waals surface area contributed by atoms with E-state index in [2.05, 4.69) is 10.3 Å². The Kier molecular flexibility index (Phi) is 4.62. The molecule has 0 unspecified atom stereocenters. The molecule has 0 aromatic heterocycles. The van der Waals surface area contributed by atoms with Gasteiger partial charge in [-0.1, -0.05) is 17.8 Å². The summed E-state index contributed by atoms with van der Waals surface area (Å²) in [5, 5.41) is 2.33. The van der Waals surface area contributed by atoms with Crippen LogP contribution in [0, 0.1) is 0 Å². The summed E-state index contributed by atoms with van der Waals surface area (Å²) in [6.45, 7) is 2.44. The van der Waals surface area contributed by atoms with Gasteiger partial charge >= 0.3 is 0 Å². The Labute approximate surface area is 120 Å². The van der Waals surface area contributed by atoms with Gasteiger partial charge in [0.05, 0.1) is 13.0 Å². The normalized spacial score (nSPS) is 18.4. The van der Waals surface area contributed by atoms with Gasteiger partial charge in [0.2, 0.25) is 11.8 Å². The van der Waals surface area contributed by atoms with Crippen molar-refractivity contribution in [2.75, 3.05) is 11.9 Å². The van der Waals surface area contributed by atoms with E-state index in [-0.39, 0.29) is 23.4 Å². The van der Waals surface area contributed by atoms with Crippen molar-refractivity contribution in [2.24, 2.45) is 10.7 Å². The van der Waals surface area contributed by atoms with Crippen molar-refractivity contribution in [1.29, 1.82) is 0 Å². The highest BCUT2D eigenvalue weighted by atomic mass is 32.2. The number of thioether (sulfide) groups is 1. The maximum absolute atomic E-state index is 12.1. The van der Waals surface area contributed by atoms with Gasteiger partial charge in [-0.05, 0) is 19.1 Å². The van der Waals surface area contributed by atoms with Crippen molar-refractivity contribution >= 4 is 34.4 Å². The molecular weight excluding hydrogens is 278 g/mol. The highest BCUT2D eigenvalue weighted by Gasteiger charge is 2.27. The lowest BCUT2D eigenvalue weighted by atomic mass is 10.2. The highest BCUT2D eigenvalue weighted by Crippen LogP contribution is 2.23. The van der Waals surface area contributed by atoms with E-state index in [0.29, 0.717) is 18.0 Å². The molecule has 0 saturated heterocycles. The number of ether oxygens (including phenoxy) is 1. The third kappa shape index (κ3) is 3.74. The number of amides is 2. The molecule has 6 nitrogen and oxygen atoms in total. The van der Waals surface area contributed by atoms with Gasteiger partial charge in [-0.3, -0.25) is 9.59 Å². The van der Waals surface area contributed by atoms with Gasteiger partial charge in [-0.25, -0.2) is 0 Å². The van der Waals surface area contributed by atoms with Crippen LogP contribution in [0.15, 0.2) is 29.3 Å². The molecule has 0 aliphatic carbocycles. The predicted octanol–water partition coefficient (Wildman–Crippen LogP) is 1.37. The van der Waals surface area contributed by atoms with E-state index in [0.717, 1.165) is 11.8 Å². The molecule has 0 saturated carbocycles. The third-order valence-electron chi connectivity index (χ3n) is 2.56. The van der Waals surface area contributed by atoms with Crippen LogP contribution in [0.2, 0.25) is 0 Å². The van der Waals surface area contributed by atoms with Crippen LogP contribution in [-0.4, -0.2) is 28.8 Å². The molecule has 1 aromatic rings. The second kappa shape index (κ2) is 6.42. The van der Waals surface area contributed by atoms with Crippen molar-refractivity contribution in [1.82, 2.24) is 0 Å². The lowest BCUT2D eigenvalue weighted by molar-refractivity contribution is -0.121. The molecule has 1 aromatic carbocycles. The minimum absolute atomic E-state index is 0.0579. The van der Waals surface area contributed by atoms with Crippen LogP contribution >= 0.6 is 11.8 Å². The van der Waals surface area contributed by atoms with Gasteiger partial charge in [-0.15, -0.1) is 0 Å². The van der Waals surface area contributed by atoms with Crippen LogP contribution in [0.5, 0.6) is 5.75 Å². The van der Waals surface area contributed by atoms with Gasteiger partial charge < -0.3 is 15.8 Å². The summed E-state index contributed by atoms with van der Waals surface area (Å²) in [5.41, 5.74) is 6.12. The number of rotatable bonds is 4. The zero-order chi connectivity index (χ0) is 14.5. The molecule has 1 atom stereocenters. The minimum atomic E-state index is -0.546. The van der Waals surface area contributed by atoms with Crippen molar-refractivity contribution in [2.45, 2.75) is 18.6 Å². The maximum Gasteiger partial charge on any atom is 0.249 e. The fourth-order valence-corrected chi connectivity index (χ4v) is 2.58. The average Bonchev–Trinajstić information content (AvgIpc) is 2.38. The van der Waals surface area contributed by atoms with Crippen LogP contribution in [0.3, 0.4) is 0 Å². The number of carbonyl (C=O) groups excluding carboxylic acids is 2. The van der Waals surface area contributed by atoms with Gasteiger partial charge in [0.25, 0.3) is 0 Å². The molecular formula is C13H15N3O3S. The standard InChI is InChI=1S/C13H15N3O3S/c1-2-19-9-5-3-4-8(6-9)15-12(18)10-7-11(17)16-13(14)20-10/h3-6,10H,2,7H2,1H3,(H,15,18)(H2,14,16,17)/t10-/m1/s1. The zero-order valence-corrected chi connectivity index (χ0v) is 11.8. The number of amidine groups is 1. The first-order chi connectivity index (χ1) is 9.58. The van der Waals surface area contributed by atoms with Crippen molar-refractivity contribution in [3.8, 4) is 5.75 Å². The summed E-state index contributed by atoms with van der Waals surface area (Å²) in [6, 6.07) is 7.08. The first-order valence-electron chi connectivity index (χ1n) is 6.16. The lowest BCUT2D eigenvalue weighted by Crippen LogP contribution is -2.33. The van der Waals surface area contributed by atoms with E-state index in [1.807, 2.05) is 13.0 Å². The van der Waals surface area contributed by atoms with Gasteiger partial charge in [0.1, 0.15) is 11.0 Å². The zero-order valence-electron chi connectivity index (χ0n) is 11.0. The summed E-state index contributed by atoms with van der Waals surface area (Å²) in [4.78, 5) is 27.0. The fraction of sp³-hybridized carbons (Fsp3) is 0.308. The largest absolute Gasteiger partial charge is 0.494 e. The summed E-state index contributed by atoms with van der Waals surface area (Å²) in [6.07, 6.45) is 0.0579. The van der Waals surface area contributed by atoms with Crippen LogP contribution < -0.4 is 15.8 Å². The predicted molar refractivity (Wildman–Crippen MR) is 78.9 cm³/mol. The Bertz CT molecular complexity index is 560. The summed E-state index contributed by atoms with van der Waals surface area (Å²) in [7, 11) is 0. The Balaban J connectivity index is 2.03. The summed E-state index contributed by atoms with van der Waals surface area (Å²) < 4.78 is 5.36. The number of hydrogen-bond donors (Lipinski definition) is 2. The molecule has 1 aliphatic heterocycles. The van der Waals surface area contributed by atoms with Gasteiger partial charge in [0, 0.05) is 11.8 Å². The lowest BCUT2D eigenvalue weighted by Gasteiger charge is -2.18. The Morgan fingerprint density at radius 2 is 2.40 bits per heavy atom. The number of anilines is 1. The molecule has 7 heteroatoms.